The van der Waals surface area contributed by atoms with Crippen molar-refractivity contribution in [1.29, 1.82) is 0 Å². The summed E-state index contributed by atoms with van der Waals surface area (Å²) in [5.74, 6) is -0.102. The number of benzene rings is 1. The molecule has 0 spiro atoms. The Morgan fingerprint density at radius 3 is 2.50 bits per heavy atom. The van der Waals surface area contributed by atoms with Gasteiger partial charge < -0.3 is 16.4 Å². The number of hydrogen-bond donors (Lipinski definition) is 3. The van der Waals surface area contributed by atoms with Crippen LogP contribution in [-0.4, -0.2) is 11.9 Å². The van der Waals surface area contributed by atoms with Crippen molar-refractivity contribution in [3.8, 4) is 0 Å². The zero-order valence-corrected chi connectivity index (χ0v) is 13.2. The van der Waals surface area contributed by atoms with Crippen LogP contribution in [0.3, 0.4) is 0 Å². The number of rotatable bonds is 6. The van der Waals surface area contributed by atoms with Crippen LogP contribution >= 0.6 is 11.3 Å². The maximum absolute atomic E-state index is 12.3. The fourth-order valence-corrected chi connectivity index (χ4v) is 2.93. The molecule has 0 saturated carbocycles. The number of primary amides is 1. The van der Waals surface area contributed by atoms with Gasteiger partial charge >= 0.3 is 6.03 Å². The SMILES string of the molecule is CCC(NC(=O)c1ccc(CNC(N)=O)cc1)c1cccs1. The molecule has 0 radical (unpaired) electrons. The predicted molar refractivity (Wildman–Crippen MR) is 87.7 cm³/mol. The number of amides is 3. The lowest BCUT2D eigenvalue weighted by atomic mass is 10.1. The highest BCUT2D eigenvalue weighted by Crippen LogP contribution is 2.22. The molecule has 4 N–H and O–H groups in total. The topological polar surface area (TPSA) is 84.2 Å². The zero-order valence-electron chi connectivity index (χ0n) is 12.3. The monoisotopic (exact) mass is 317 g/mol. The first kappa shape index (κ1) is 16.0. The Bertz CT molecular complexity index is 623. The van der Waals surface area contributed by atoms with E-state index in [4.69, 9.17) is 5.73 Å². The Morgan fingerprint density at radius 2 is 1.95 bits per heavy atom. The Kier molecular flexibility index (Phi) is 5.55. The van der Waals surface area contributed by atoms with E-state index < -0.39 is 6.03 Å². The molecule has 0 fully saturated rings. The second-order valence-corrected chi connectivity index (χ2v) is 5.84. The van der Waals surface area contributed by atoms with E-state index in [9.17, 15) is 9.59 Å². The van der Waals surface area contributed by atoms with E-state index in [0.29, 0.717) is 12.1 Å². The molecular weight excluding hydrogens is 298 g/mol. The third-order valence-electron chi connectivity index (χ3n) is 3.28. The minimum absolute atomic E-state index is 0.0312. The van der Waals surface area contributed by atoms with E-state index in [1.54, 1.807) is 35.6 Å². The fourth-order valence-electron chi connectivity index (χ4n) is 2.07. The van der Waals surface area contributed by atoms with Crippen LogP contribution in [0.15, 0.2) is 41.8 Å². The van der Waals surface area contributed by atoms with Gasteiger partial charge in [-0.05, 0) is 35.6 Å². The lowest BCUT2D eigenvalue weighted by molar-refractivity contribution is 0.0936. The van der Waals surface area contributed by atoms with Crippen molar-refractivity contribution in [2.24, 2.45) is 5.73 Å². The van der Waals surface area contributed by atoms with Crippen molar-refractivity contribution >= 4 is 23.3 Å². The van der Waals surface area contributed by atoms with Gasteiger partial charge in [0.15, 0.2) is 0 Å². The summed E-state index contributed by atoms with van der Waals surface area (Å²) >= 11 is 1.64. The van der Waals surface area contributed by atoms with Crippen molar-refractivity contribution in [1.82, 2.24) is 10.6 Å². The molecule has 3 amide bonds. The lowest BCUT2D eigenvalue weighted by Crippen LogP contribution is -2.29. The molecule has 6 heteroatoms. The van der Waals surface area contributed by atoms with Crippen molar-refractivity contribution in [2.75, 3.05) is 0 Å². The third-order valence-corrected chi connectivity index (χ3v) is 4.27. The average molecular weight is 317 g/mol. The summed E-state index contributed by atoms with van der Waals surface area (Å²) in [6.07, 6.45) is 0.840. The normalized spacial score (nSPS) is 11.7. The minimum atomic E-state index is -0.566. The van der Waals surface area contributed by atoms with Gasteiger partial charge in [0.25, 0.3) is 5.91 Å². The van der Waals surface area contributed by atoms with E-state index >= 15 is 0 Å². The number of carbonyl (C=O) groups excluding carboxylic acids is 2. The molecule has 1 unspecified atom stereocenters. The second kappa shape index (κ2) is 7.61. The molecular formula is C16H19N3O2S. The van der Waals surface area contributed by atoms with Gasteiger partial charge in [-0.2, -0.15) is 0 Å². The quantitative estimate of drug-likeness (QED) is 0.765. The number of urea groups is 1. The van der Waals surface area contributed by atoms with Crippen LogP contribution in [0.2, 0.25) is 0 Å². The maximum atomic E-state index is 12.3. The van der Waals surface area contributed by atoms with Gasteiger partial charge in [-0.15, -0.1) is 11.3 Å². The van der Waals surface area contributed by atoms with Crippen LogP contribution in [0.1, 0.15) is 40.2 Å². The summed E-state index contributed by atoms with van der Waals surface area (Å²) in [7, 11) is 0. The van der Waals surface area contributed by atoms with Crippen molar-refractivity contribution in [3.05, 3.63) is 57.8 Å². The predicted octanol–water partition coefficient (Wildman–Crippen LogP) is 2.80. The smallest absolute Gasteiger partial charge is 0.312 e. The van der Waals surface area contributed by atoms with Crippen molar-refractivity contribution < 1.29 is 9.59 Å². The lowest BCUT2D eigenvalue weighted by Gasteiger charge is -2.15. The molecule has 1 aromatic heterocycles. The third kappa shape index (κ3) is 4.33. The summed E-state index contributed by atoms with van der Waals surface area (Å²) in [5.41, 5.74) is 6.51. The number of carbonyl (C=O) groups is 2. The number of nitrogens with two attached hydrogens (primary N) is 1. The van der Waals surface area contributed by atoms with Gasteiger partial charge in [-0.3, -0.25) is 4.79 Å². The number of thiophene rings is 1. The molecule has 1 atom stereocenters. The Morgan fingerprint density at radius 1 is 1.23 bits per heavy atom. The van der Waals surface area contributed by atoms with Crippen molar-refractivity contribution in [3.63, 3.8) is 0 Å². The van der Waals surface area contributed by atoms with E-state index in [1.165, 1.54) is 0 Å². The highest BCUT2D eigenvalue weighted by Gasteiger charge is 2.14. The fraction of sp³-hybridized carbons (Fsp3) is 0.250. The zero-order chi connectivity index (χ0) is 15.9. The van der Waals surface area contributed by atoms with Crippen LogP contribution < -0.4 is 16.4 Å². The molecule has 2 rings (SSSR count). The molecule has 0 bridgehead atoms. The summed E-state index contributed by atoms with van der Waals surface area (Å²) in [6.45, 7) is 2.40. The van der Waals surface area contributed by atoms with Gasteiger partial charge in [-0.1, -0.05) is 25.1 Å². The molecule has 2 aromatic rings. The van der Waals surface area contributed by atoms with E-state index in [2.05, 4.69) is 10.6 Å². The highest BCUT2D eigenvalue weighted by atomic mass is 32.1. The maximum Gasteiger partial charge on any atom is 0.312 e. The molecule has 0 aliphatic rings. The van der Waals surface area contributed by atoms with Crippen LogP contribution in [0, 0.1) is 0 Å². The largest absolute Gasteiger partial charge is 0.352 e. The van der Waals surface area contributed by atoms with Gasteiger partial charge in [0, 0.05) is 17.0 Å². The van der Waals surface area contributed by atoms with Crippen molar-refractivity contribution in [2.45, 2.75) is 25.9 Å². The summed E-state index contributed by atoms with van der Waals surface area (Å²) in [5, 5.41) is 7.55. The molecule has 1 heterocycles. The molecule has 0 aliphatic heterocycles. The van der Waals surface area contributed by atoms with Crippen LogP contribution in [0.5, 0.6) is 0 Å². The molecule has 22 heavy (non-hydrogen) atoms. The Balaban J connectivity index is 1.98. The molecule has 1 aromatic carbocycles. The molecule has 116 valence electrons. The van der Waals surface area contributed by atoms with Gasteiger partial charge in [0.05, 0.1) is 6.04 Å². The van der Waals surface area contributed by atoms with E-state index in [0.717, 1.165) is 16.9 Å². The van der Waals surface area contributed by atoms with Crippen LogP contribution in [0.4, 0.5) is 4.79 Å². The summed E-state index contributed by atoms with van der Waals surface area (Å²) in [4.78, 5) is 24.1. The number of nitrogens with one attached hydrogen (secondary N) is 2. The standard InChI is InChI=1S/C16H19N3O2S/c1-2-13(14-4-3-9-22-14)19-15(20)12-7-5-11(6-8-12)10-18-16(17)21/h3-9,13H,2,10H2,1H3,(H,19,20)(H3,17,18,21). The molecule has 0 aliphatic carbocycles. The number of hydrogen-bond acceptors (Lipinski definition) is 3. The van der Waals surface area contributed by atoms with Gasteiger partial charge in [0.2, 0.25) is 0 Å². The molecule has 0 saturated heterocycles. The van der Waals surface area contributed by atoms with E-state index in [-0.39, 0.29) is 11.9 Å². The minimum Gasteiger partial charge on any atom is -0.352 e. The molecule has 5 nitrogen and oxygen atoms in total. The van der Waals surface area contributed by atoms with Crippen LogP contribution in [-0.2, 0) is 6.54 Å². The first-order valence-electron chi connectivity index (χ1n) is 7.06. The first-order chi connectivity index (χ1) is 10.6. The van der Waals surface area contributed by atoms with Crippen LogP contribution in [0.25, 0.3) is 0 Å². The second-order valence-electron chi connectivity index (χ2n) is 4.86. The highest BCUT2D eigenvalue weighted by molar-refractivity contribution is 7.10. The van der Waals surface area contributed by atoms with Gasteiger partial charge in [0.1, 0.15) is 0 Å². The van der Waals surface area contributed by atoms with Gasteiger partial charge in [-0.25, -0.2) is 4.79 Å². The average Bonchev–Trinajstić information content (AvgIpc) is 3.05. The van der Waals surface area contributed by atoms with E-state index in [1.807, 2.05) is 24.4 Å². The Labute approximate surface area is 133 Å². The summed E-state index contributed by atoms with van der Waals surface area (Å²) in [6, 6.07) is 10.6. The summed E-state index contributed by atoms with van der Waals surface area (Å²) < 4.78 is 0. The first-order valence-corrected chi connectivity index (χ1v) is 7.94. The Hall–Kier alpha value is -2.34.